The maximum absolute atomic E-state index is 11.9. The molecule has 9 heteroatoms. The van der Waals surface area contributed by atoms with Gasteiger partial charge in [-0.25, -0.2) is 0 Å². The summed E-state index contributed by atoms with van der Waals surface area (Å²) in [4.78, 5) is 24.0. The van der Waals surface area contributed by atoms with Crippen LogP contribution in [0.15, 0.2) is 29.4 Å². The second kappa shape index (κ2) is 7.23. The van der Waals surface area contributed by atoms with Crippen LogP contribution in [0.5, 0.6) is 0 Å². The van der Waals surface area contributed by atoms with Crippen LogP contribution >= 0.6 is 11.8 Å². The largest absolute Gasteiger partial charge is 0.347 e. The molecule has 0 unspecified atom stereocenters. The van der Waals surface area contributed by atoms with Crippen LogP contribution in [0.2, 0.25) is 0 Å². The van der Waals surface area contributed by atoms with Gasteiger partial charge in [0.1, 0.15) is 12.4 Å². The van der Waals surface area contributed by atoms with Gasteiger partial charge in [-0.3, -0.25) is 19.5 Å². The Morgan fingerprint density at radius 3 is 2.70 bits per heavy atom. The summed E-state index contributed by atoms with van der Waals surface area (Å²) in [6.07, 6.45) is 0. The lowest BCUT2D eigenvalue weighted by atomic mass is 10.2. The molecule has 0 N–H and O–H groups in total. The minimum Gasteiger partial charge on any atom is -0.347 e. The fourth-order valence-corrected chi connectivity index (χ4v) is 2.86. The molecule has 0 saturated heterocycles. The number of nitro groups is 1. The third-order valence-electron chi connectivity index (χ3n) is 3.24. The number of hydrogen-bond acceptors (Lipinski definition) is 6. The molecule has 1 amide bonds. The number of nitro benzene ring substituents is 1. The SMILES string of the molecule is Cc1nnc(SCc2ccccc2[N+](=O)[O-])n1CC(=O)N(C)C. The van der Waals surface area contributed by atoms with Crippen molar-refractivity contribution in [2.75, 3.05) is 14.1 Å². The Kier molecular flexibility index (Phi) is 5.32. The average Bonchev–Trinajstić information content (AvgIpc) is 2.86. The van der Waals surface area contributed by atoms with Gasteiger partial charge in [0.15, 0.2) is 5.16 Å². The van der Waals surface area contributed by atoms with Crippen molar-refractivity contribution in [3.8, 4) is 0 Å². The van der Waals surface area contributed by atoms with E-state index in [1.807, 2.05) is 0 Å². The molecule has 0 saturated carbocycles. The van der Waals surface area contributed by atoms with E-state index in [4.69, 9.17) is 0 Å². The Bertz CT molecular complexity index is 729. The number of thioether (sulfide) groups is 1. The second-order valence-corrected chi connectivity index (χ2v) is 6.02. The van der Waals surface area contributed by atoms with Gasteiger partial charge in [-0.2, -0.15) is 0 Å². The van der Waals surface area contributed by atoms with E-state index < -0.39 is 4.92 Å². The molecule has 2 aromatic rings. The quantitative estimate of drug-likeness (QED) is 0.454. The third kappa shape index (κ3) is 4.07. The van der Waals surface area contributed by atoms with Gasteiger partial charge in [-0.1, -0.05) is 30.0 Å². The lowest BCUT2D eigenvalue weighted by Crippen LogP contribution is -2.27. The van der Waals surface area contributed by atoms with Crippen LogP contribution in [0.1, 0.15) is 11.4 Å². The molecular weight excluding hydrogens is 318 g/mol. The molecule has 1 aromatic heterocycles. The van der Waals surface area contributed by atoms with Crippen LogP contribution in [0.4, 0.5) is 5.69 Å². The molecule has 23 heavy (non-hydrogen) atoms. The first-order valence-electron chi connectivity index (χ1n) is 6.85. The number of nitrogens with zero attached hydrogens (tertiary/aromatic N) is 5. The summed E-state index contributed by atoms with van der Waals surface area (Å²) in [6.45, 7) is 1.91. The lowest BCUT2D eigenvalue weighted by Gasteiger charge is -2.12. The first-order chi connectivity index (χ1) is 10.9. The summed E-state index contributed by atoms with van der Waals surface area (Å²) in [6, 6.07) is 6.58. The molecule has 0 radical (unpaired) electrons. The maximum atomic E-state index is 11.9. The smallest absolute Gasteiger partial charge is 0.273 e. The van der Waals surface area contributed by atoms with Gasteiger partial charge >= 0.3 is 0 Å². The minimum atomic E-state index is -0.401. The normalized spacial score (nSPS) is 10.6. The summed E-state index contributed by atoms with van der Waals surface area (Å²) in [5.74, 6) is 0.941. The molecule has 2 rings (SSSR count). The van der Waals surface area contributed by atoms with Crippen molar-refractivity contribution in [2.24, 2.45) is 0 Å². The van der Waals surface area contributed by atoms with Crippen LogP contribution in [-0.4, -0.2) is 44.6 Å². The first kappa shape index (κ1) is 16.9. The number of hydrogen-bond donors (Lipinski definition) is 0. The monoisotopic (exact) mass is 335 g/mol. The molecule has 0 aliphatic heterocycles. The highest BCUT2D eigenvalue weighted by atomic mass is 32.2. The van der Waals surface area contributed by atoms with Gasteiger partial charge in [0.25, 0.3) is 5.69 Å². The summed E-state index contributed by atoms with van der Waals surface area (Å²) < 4.78 is 1.71. The van der Waals surface area contributed by atoms with Crippen molar-refractivity contribution < 1.29 is 9.72 Å². The molecule has 8 nitrogen and oxygen atoms in total. The molecule has 0 fully saturated rings. The number of para-hydroxylation sites is 1. The van der Waals surface area contributed by atoms with Gasteiger partial charge in [0.05, 0.1) is 4.92 Å². The molecule has 122 valence electrons. The van der Waals surface area contributed by atoms with E-state index in [9.17, 15) is 14.9 Å². The Morgan fingerprint density at radius 2 is 2.04 bits per heavy atom. The van der Waals surface area contributed by atoms with Crippen molar-refractivity contribution in [3.63, 3.8) is 0 Å². The number of amides is 1. The second-order valence-electron chi connectivity index (χ2n) is 5.08. The zero-order valence-corrected chi connectivity index (χ0v) is 13.9. The highest BCUT2D eigenvalue weighted by Gasteiger charge is 2.17. The van der Waals surface area contributed by atoms with Crippen LogP contribution in [0, 0.1) is 17.0 Å². The van der Waals surface area contributed by atoms with Gasteiger partial charge in [-0.05, 0) is 6.92 Å². The van der Waals surface area contributed by atoms with Crippen molar-refractivity contribution in [3.05, 3.63) is 45.8 Å². The highest BCUT2D eigenvalue weighted by Crippen LogP contribution is 2.27. The molecule has 0 aliphatic rings. The van der Waals surface area contributed by atoms with Gasteiger partial charge in [0, 0.05) is 31.5 Å². The van der Waals surface area contributed by atoms with Crippen LogP contribution in [0.25, 0.3) is 0 Å². The standard InChI is InChI=1S/C14H17N5O3S/c1-10-15-16-14(18(10)8-13(20)17(2)3)23-9-11-6-4-5-7-12(11)19(21)22/h4-7H,8-9H2,1-3H3. The zero-order chi connectivity index (χ0) is 17.0. The van der Waals surface area contributed by atoms with E-state index in [1.165, 1.54) is 22.7 Å². The first-order valence-corrected chi connectivity index (χ1v) is 7.83. The molecule has 1 aromatic carbocycles. The molecule has 0 bridgehead atoms. The topological polar surface area (TPSA) is 94.2 Å². The fraction of sp³-hybridized carbons (Fsp3) is 0.357. The van der Waals surface area contributed by atoms with E-state index in [0.29, 0.717) is 22.3 Å². The molecule has 0 atom stereocenters. The molecule has 1 heterocycles. The van der Waals surface area contributed by atoms with Gasteiger partial charge < -0.3 is 4.90 Å². The van der Waals surface area contributed by atoms with Crippen LogP contribution < -0.4 is 0 Å². The van der Waals surface area contributed by atoms with Gasteiger partial charge in [0.2, 0.25) is 5.91 Å². The van der Waals surface area contributed by atoms with Crippen molar-refractivity contribution in [2.45, 2.75) is 24.4 Å². The Balaban J connectivity index is 2.16. The number of rotatable bonds is 6. The number of likely N-dealkylation sites (N-methyl/N-ethyl adjacent to an activating group) is 1. The highest BCUT2D eigenvalue weighted by molar-refractivity contribution is 7.98. The number of carbonyl (C=O) groups excluding carboxylic acids is 1. The van der Waals surface area contributed by atoms with E-state index in [1.54, 1.807) is 43.8 Å². The van der Waals surface area contributed by atoms with E-state index >= 15 is 0 Å². The molecular formula is C14H17N5O3S. The summed E-state index contributed by atoms with van der Waals surface area (Å²) in [5.41, 5.74) is 0.681. The van der Waals surface area contributed by atoms with Gasteiger partial charge in [-0.15, -0.1) is 10.2 Å². The average molecular weight is 335 g/mol. The predicted molar refractivity (Wildman–Crippen MR) is 86.1 cm³/mol. The molecule has 0 aliphatic carbocycles. The number of benzene rings is 1. The zero-order valence-electron chi connectivity index (χ0n) is 13.1. The van der Waals surface area contributed by atoms with Crippen molar-refractivity contribution in [1.29, 1.82) is 0 Å². The van der Waals surface area contributed by atoms with E-state index in [-0.39, 0.29) is 18.1 Å². The van der Waals surface area contributed by atoms with Crippen LogP contribution in [-0.2, 0) is 17.1 Å². The number of carbonyl (C=O) groups is 1. The summed E-state index contributed by atoms with van der Waals surface area (Å²) >= 11 is 1.32. The third-order valence-corrected chi connectivity index (χ3v) is 4.25. The fourth-order valence-electron chi connectivity index (χ4n) is 1.88. The lowest BCUT2D eigenvalue weighted by molar-refractivity contribution is -0.385. The van der Waals surface area contributed by atoms with Crippen molar-refractivity contribution in [1.82, 2.24) is 19.7 Å². The Labute approximate surface area is 137 Å². The number of aryl methyl sites for hydroxylation is 1. The van der Waals surface area contributed by atoms with E-state index in [2.05, 4.69) is 10.2 Å². The Hall–Kier alpha value is -2.42. The predicted octanol–water partition coefficient (Wildman–Crippen LogP) is 1.88. The summed E-state index contributed by atoms with van der Waals surface area (Å²) in [7, 11) is 3.37. The number of aromatic nitrogens is 3. The Morgan fingerprint density at radius 1 is 1.35 bits per heavy atom. The van der Waals surface area contributed by atoms with E-state index in [0.717, 1.165) is 0 Å². The minimum absolute atomic E-state index is 0.0690. The summed E-state index contributed by atoms with van der Waals surface area (Å²) in [5, 5.41) is 19.6. The van der Waals surface area contributed by atoms with Crippen molar-refractivity contribution >= 4 is 23.4 Å². The maximum Gasteiger partial charge on any atom is 0.273 e. The van der Waals surface area contributed by atoms with Crippen LogP contribution in [0.3, 0.4) is 0 Å². The molecule has 0 spiro atoms.